The van der Waals surface area contributed by atoms with Crippen LogP contribution >= 0.6 is 22.9 Å². The largest absolute Gasteiger partial charge is 0.358 e. The van der Waals surface area contributed by atoms with E-state index in [2.05, 4.69) is 15.2 Å². The second-order valence-corrected chi connectivity index (χ2v) is 7.78. The smallest absolute Gasteiger partial charge is 0.274 e. The first-order valence-electron chi connectivity index (χ1n) is 8.36. The zero-order valence-electron chi connectivity index (χ0n) is 13.8. The van der Waals surface area contributed by atoms with Gasteiger partial charge in [0.25, 0.3) is 5.91 Å². The number of benzene rings is 1. The molecule has 2 N–H and O–H groups in total. The number of fused-ring (bicyclic) bond motifs is 3. The minimum atomic E-state index is -0.0499. The van der Waals surface area contributed by atoms with Crippen LogP contribution in [0, 0.1) is 0 Å². The minimum Gasteiger partial charge on any atom is -0.358 e. The normalized spacial score (nSPS) is 14.0. The van der Waals surface area contributed by atoms with Crippen molar-refractivity contribution in [3.8, 4) is 10.6 Å². The van der Waals surface area contributed by atoms with Crippen molar-refractivity contribution in [2.45, 2.75) is 13.0 Å². The lowest BCUT2D eigenvalue weighted by Gasteiger charge is -2.26. The molecule has 130 valence electrons. The summed E-state index contributed by atoms with van der Waals surface area (Å²) in [6, 6.07) is 11.7. The molecule has 0 fully saturated rings. The lowest BCUT2D eigenvalue weighted by atomic mass is 10.0. The summed E-state index contributed by atoms with van der Waals surface area (Å²) in [5.41, 5.74) is 4.73. The molecule has 4 aromatic rings. The van der Waals surface area contributed by atoms with Crippen LogP contribution in [0.2, 0.25) is 5.02 Å². The Labute approximate surface area is 158 Å². The Morgan fingerprint density at radius 3 is 3.04 bits per heavy atom. The molecule has 5 rings (SSSR count). The number of rotatable bonds is 2. The van der Waals surface area contributed by atoms with Crippen LogP contribution in [-0.4, -0.2) is 32.5 Å². The molecule has 1 amide bonds. The van der Waals surface area contributed by atoms with Crippen molar-refractivity contribution in [2.75, 3.05) is 6.54 Å². The third kappa shape index (κ3) is 2.53. The summed E-state index contributed by atoms with van der Waals surface area (Å²) < 4.78 is 0. The van der Waals surface area contributed by atoms with Crippen LogP contribution in [0.1, 0.15) is 21.7 Å². The fourth-order valence-corrected chi connectivity index (χ4v) is 4.38. The van der Waals surface area contributed by atoms with Crippen LogP contribution in [-0.2, 0) is 13.0 Å². The van der Waals surface area contributed by atoms with Gasteiger partial charge >= 0.3 is 0 Å². The maximum absolute atomic E-state index is 12.9. The Bertz CT molecular complexity index is 1110. The van der Waals surface area contributed by atoms with Gasteiger partial charge in [0.05, 0.1) is 10.6 Å². The Morgan fingerprint density at radius 2 is 2.19 bits per heavy atom. The number of nitrogens with zero attached hydrogens (tertiary/aromatic N) is 2. The molecule has 3 aromatic heterocycles. The first-order valence-corrected chi connectivity index (χ1v) is 9.62. The van der Waals surface area contributed by atoms with Gasteiger partial charge in [-0.25, -0.2) is 0 Å². The highest BCUT2D eigenvalue weighted by molar-refractivity contribution is 7.13. The zero-order valence-corrected chi connectivity index (χ0v) is 15.3. The molecule has 0 spiro atoms. The highest BCUT2D eigenvalue weighted by atomic mass is 35.5. The lowest BCUT2D eigenvalue weighted by molar-refractivity contribution is 0.0729. The minimum absolute atomic E-state index is 0.0499. The topological polar surface area (TPSA) is 64.8 Å². The molecular formula is C19H15ClN4OS. The van der Waals surface area contributed by atoms with E-state index >= 15 is 0 Å². The van der Waals surface area contributed by atoms with Crippen LogP contribution in [0.15, 0.2) is 41.8 Å². The van der Waals surface area contributed by atoms with Gasteiger partial charge in [0.1, 0.15) is 0 Å². The predicted molar refractivity (Wildman–Crippen MR) is 104 cm³/mol. The molecule has 0 aliphatic carbocycles. The molecule has 4 heterocycles. The first-order chi connectivity index (χ1) is 12.7. The quantitative estimate of drug-likeness (QED) is 0.537. The molecule has 5 nitrogen and oxygen atoms in total. The second kappa shape index (κ2) is 6.00. The molecule has 1 aromatic carbocycles. The summed E-state index contributed by atoms with van der Waals surface area (Å²) in [5, 5.41) is 11.0. The number of thiophene rings is 1. The average Bonchev–Trinajstić information content (AvgIpc) is 3.39. The zero-order chi connectivity index (χ0) is 17.7. The molecule has 1 aliphatic heterocycles. The van der Waals surface area contributed by atoms with Gasteiger partial charge in [-0.2, -0.15) is 5.10 Å². The van der Waals surface area contributed by atoms with E-state index in [1.807, 2.05) is 46.7 Å². The summed E-state index contributed by atoms with van der Waals surface area (Å²) in [6.07, 6.45) is 0.801. The van der Waals surface area contributed by atoms with Crippen molar-refractivity contribution in [1.29, 1.82) is 0 Å². The van der Waals surface area contributed by atoms with E-state index in [-0.39, 0.29) is 5.91 Å². The Kier molecular flexibility index (Phi) is 3.62. The number of aromatic nitrogens is 3. The second-order valence-electron chi connectivity index (χ2n) is 6.39. The molecular weight excluding hydrogens is 368 g/mol. The first kappa shape index (κ1) is 15.7. The summed E-state index contributed by atoms with van der Waals surface area (Å²) in [7, 11) is 0. The van der Waals surface area contributed by atoms with E-state index in [9.17, 15) is 4.79 Å². The number of aromatic amines is 2. The number of hydrogen-bond donors (Lipinski definition) is 2. The molecule has 0 saturated heterocycles. The Balaban J connectivity index is 1.44. The van der Waals surface area contributed by atoms with Crippen LogP contribution in [0.5, 0.6) is 0 Å². The number of halogens is 1. The summed E-state index contributed by atoms with van der Waals surface area (Å²) in [6.45, 7) is 1.24. The maximum Gasteiger partial charge on any atom is 0.274 e. The van der Waals surface area contributed by atoms with Crippen molar-refractivity contribution in [3.63, 3.8) is 0 Å². The SMILES string of the molecule is O=C(c1cc(-c2cccs2)[nH]n1)N1CCc2[nH]c3ccc(Cl)cc3c2C1. The summed E-state index contributed by atoms with van der Waals surface area (Å²) >= 11 is 7.78. The molecule has 0 bridgehead atoms. The number of amides is 1. The number of carbonyl (C=O) groups is 1. The van der Waals surface area contributed by atoms with Crippen LogP contribution in [0.3, 0.4) is 0 Å². The Hall–Kier alpha value is -2.57. The van der Waals surface area contributed by atoms with Crippen molar-refractivity contribution >= 4 is 39.7 Å². The van der Waals surface area contributed by atoms with Crippen LogP contribution < -0.4 is 0 Å². The van der Waals surface area contributed by atoms with Gasteiger partial charge in [-0.1, -0.05) is 17.7 Å². The molecule has 1 aliphatic rings. The lowest BCUT2D eigenvalue weighted by Crippen LogP contribution is -2.36. The van der Waals surface area contributed by atoms with Gasteiger partial charge in [0.15, 0.2) is 5.69 Å². The standard InChI is InChI=1S/C19H15ClN4OS/c20-11-3-4-14-12(8-11)13-10-24(6-5-15(13)21-14)19(25)17-9-16(22-23-17)18-2-1-7-26-18/h1-4,7-9,21H,5-6,10H2,(H,22,23). The molecule has 0 atom stereocenters. The number of H-pyrrole nitrogens is 2. The summed E-state index contributed by atoms with van der Waals surface area (Å²) in [5.74, 6) is -0.0499. The van der Waals surface area contributed by atoms with Crippen molar-refractivity contribution in [2.24, 2.45) is 0 Å². The van der Waals surface area contributed by atoms with Crippen LogP contribution in [0.25, 0.3) is 21.5 Å². The molecule has 0 unspecified atom stereocenters. The van der Waals surface area contributed by atoms with Crippen molar-refractivity contribution < 1.29 is 4.79 Å². The van der Waals surface area contributed by atoms with E-state index in [4.69, 9.17) is 11.6 Å². The van der Waals surface area contributed by atoms with Crippen molar-refractivity contribution in [3.05, 3.63) is 63.8 Å². The number of nitrogens with one attached hydrogen (secondary N) is 2. The molecule has 26 heavy (non-hydrogen) atoms. The van der Waals surface area contributed by atoms with Gasteiger partial charge in [-0.15, -0.1) is 11.3 Å². The van der Waals surface area contributed by atoms with Gasteiger partial charge in [0.2, 0.25) is 0 Å². The van der Waals surface area contributed by atoms with Gasteiger partial charge < -0.3 is 9.88 Å². The average molecular weight is 383 g/mol. The number of carbonyl (C=O) groups excluding carboxylic acids is 1. The maximum atomic E-state index is 12.9. The van der Waals surface area contributed by atoms with E-state index in [1.54, 1.807) is 11.3 Å². The van der Waals surface area contributed by atoms with E-state index in [1.165, 1.54) is 5.69 Å². The molecule has 0 saturated carbocycles. The highest BCUT2D eigenvalue weighted by Gasteiger charge is 2.26. The monoisotopic (exact) mass is 382 g/mol. The Morgan fingerprint density at radius 1 is 1.27 bits per heavy atom. The van der Waals surface area contributed by atoms with E-state index in [0.717, 1.165) is 33.5 Å². The summed E-state index contributed by atoms with van der Waals surface area (Å²) in [4.78, 5) is 19.3. The third-order valence-corrected chi connectivity index (χ3v) is 5.95. The van der Waals surface area contributed by atoms with E-state index < -0.39 is 0 Å². The number of hydrogen-bond acceptors (Lipinski definition) is 3. The van der Waals surface area contributed by atoms with Crippen LogP contribution in [0.4, 0.5) is 0 Å². The fourth-order valence-electron chi connectivity index (χ4n) is 3.51. The molecule has 0 radical (unpaired) electrons. The van der Waals surface area contributed by atoms with Gasteiger partial charge in [-0.3, -0.25) is 9.89 Å². The van der Waals surface area contributed by atoms with Crippen molar-refractivity contribution in [1.82, 2.24) is 20.1 Å². The third-order valence-electron chi connectivity index (χ3n) is 4.81. The fraction of sp³-hybridized carbons (Fsp3) is 0.158. The van der Waals surface area contributed by atoms with Gasteiger partial charge in [-0.05, 0) is 35.7 Å². The highest BCUT2D eigenvalue weighted by Crippen LogP contribution is 2.30. The molecule has 7 heteroatoms. The van der Waals surface area contributed by atoms with E-state index in [0.29, 0.717) is 23.8 Å². The predicted octanol–water partition coefficient (Wildman–Crippen LogP) is 4.47. The van der Waals surface area contributed by atoms with Gasteiger partial charge in [0, 0.05) is 46.7 Å².